The summed E-state index contributed by atoms with van der Waals surface area (Å²) in [5.74, 6) is -1.29. The van der Waals surface area contributed by atoms with Crippen LogP contribution in [0.2, 0.25) is 0 Å². The van der Waals surface area contributed by atoms with Crippen LogP contribution in [0.25, 0.3) is 0 Å². The Hall–Kier alpha value is -2.26. The number of amides is 1. The summed E-state index contributed by atoms with van der Waals surface area (Å²) < 4.78 is 30.9. The van der Waals surface area contributed by atoms with Gasteiger partial charge in [0.1, 0.15) is 0 Å². The number of hydrogen-bond acceptors (Lipinski definition) is 7. The normalized spacial score (nSPS) is 11.0. The quantitative estimate of drug-likeness (QED) is 0.786. The van der Waals surface area contributed by atoms with E-state index in [2.05, 4.69) is 9.72 Å². The molecule has 23 heavy (non-hydrogen) atoms. The van der Waals surface area contributed by atoms with Crippen molar-refractivity contribution in [3.8, 4) is 0 Å². The molecular formula is C14H14N2O5S2. The molecular weight excluding hydrogens is 340 g/mol. The van der Waals surface area contributed by atoms with Crippen molar-refractivity contribution in [2.75, 3.05) is 7.11 Å². The number of benzene rings is 1. The SMILES string of the molecule is COC(=O)c1cccc(S(=O)(=O)NC(=O)CCc2nccs2)c1. The molecule has 0 saturated heterocycles. The van der Waals surface area contributed by atoms with Gasteiger partial charge in [-0.15, -0.1) is 11.3 Å². The number of thiazole rings is 1. The highest BCUT2D eigenvalue weighted by molar-refractivity contribution is 7.90. The number of ether oxygens (including phenoxy) is 1. The number of carbonyl (C=O) groups is 2. The van der Waals surface area contributed by atoms with Crippen molar-refractivity contribution in [1.82, 2.24) is 9.71 Å². The molecule has 7 nitrogen and oxygen atoms in total. The molecule has 0 unspecified atom stereocenters. The van der Waals surface area contributed by atoms with Crippen LogP contribution in [0.3, 0.4) is 0 Å². The maximum absolute atomic E-state index is 12.2. The largest absolute Gasteiger partial charge is 0.465 e. The van der Waals surface area contributed by atoms with Crippen molar-refractivity contribution in [2.45, 2.75) is 17.7 Å². The monoisotopic (exact) mass is 354 g/mol. The summed E-state index contributed by atoms with van der Waals surface area (Å²) in [5.41, 5.74) is 0.0885. The lowest BCUT2D eigenvalue weighted by Crippen LogP contribution is -2.30. The van der Waals surface area contributed by atoms with Gasteiger partial charge in [0.25, 0.3) is 10.0 Å². The number of rotatable bonds is 6. The predicted molar refractivity (Wildman–Crippen MR) is 83.5 cm³/mol. The lowest BCUT2D eigenvalue weighted by atomic mass is 10.2. The van der Waals surface area contributed by atoms with E-state index in [9.17, 15) is 18.0 Å². The fourth-order valence-electron chi connectivity index (χ4n) is 1.76. The fraction of sp³-hybridized carbons (Fsp3) is 0.214. The number of hydrogen-bond donors (Lipinski definition) is 1. The molecule has 0 radical (unpaired) electrons. The van der Waals surface area contributed by atoms with Crippen molar-refractivity contribution in [3.05, 3.63) is 46.4 Å². The fourth-order valence-corrected chi connectivity index (χ4v) is 3.44. The highest BCUT2D eigenvalue weighted by Crippen LogP contribution is 2.13. The number of aromatic nitrogens is 1. The van der Waals surface area contributed by atoms with Gasteiger partial charge in [0.15, 0.2) is 0 Å². The number of nitrogens with one attached hydrogen (secondary N) is 1. The standard InChI is InChI=1S/C14H14N2O5S2/c1-21-14(18)10-3-2-4-11(9-10)23(19,20)16-12(17)5-6-13-15-7-8-22-13/h2-4,7-9H,5-6H2,1H3,(H,16,17). The number of sulfonamides is 1. The molecule has 122 valence electrons. The lowest BCUT2D eigenvalue weighted by Gasteiger charge is -2.07. The van der Waals surface area contributed by atoms with Gasteiger partial charge in [0, 0.05) is 24.4 Å². The van der Waals surface area contributed by atoms with Gasteiger partial charge in [0.2, 0.25) is 5.91 Å². The molecule has 0 fully saturated rings. The average Bonchev–Trinajstić information content (AvgIpc) is 3.05. The molecule has 0 aliphatic rings. The summed E-state index contributed by atoms with van der Waals surface area (Å²) in [7, 11) is -2.84. The Morgan fingerprint density at radius 1 is 1.35 bits per heavy atom. The molecule has 0 saturated carbocycles. The molecule has 1 heterocycles. The summed E-state index contributed by atoms with van der Waals surface area (Å²) in [5, 5.41) is 2.53. The molecule has 1 aromatic carbocycles. The van der Waals surface area contributed by atoms with Crippen LogP contribution in [-0.4, -0.2) is 32.4 Å². The smallest absolute Gasteiger partial charge is 0.337 e. The van der Waals surface area contributed by atoms with Crippen LogP contribution >= 0.6 is 11.3 Å². The molecule has 0 aliphatic heterocycles. The van der Waals surface area contributed by atoms with E-state index in [1.165, 1.54) is 36.6 Å². The third-order valence-electron chi connectivity index (χ3n) is 2.86. The second-order valence-corrected chi connectivity index (χ2v) is 7.14. The minimum atomic E-state index is -4.04. The molecule has 1 N–H and O–H groups in total. The zero-order chi connectivity index (χ0) is 16.9. The minimum Gasteiger partial charge on any atom is -0.465 e. The van der Waals surface area contributed by atoms with E-state index in [-0.39, 0.29) is 16.9 Å². The minimum absolute atomic E-state index is 0.00341. The first-order valence-electron chi connectivity index (χ1n) is 6.55. The Bertz CT molecular complexity index is 800. The van der Waals surface area contributed by atoms with Crippen molar-refractivity contribution < 1.29 is 22.7 Å². The number of carbonyl (C=O) groups excluding carboxylic acids is 2. The second kappa shape index (κ2) is 7.34. The summed E-state index contributed by atoms with van der Waals surface area (Å²) in [6.07, 6.45) is 1.98. The van der Waals surface area contributed by atoms with Crippen molar-refractivity contribution in [2.24, 2.45) is 0 Å². The number of nitrogens with zero attached hydrogens (tertiary/aromatic N) is 1. The zero-order valence-electron chi connectivity index (χ0n) is 12.2. The van der Waals surface area contributed by atoms with Crippen LogP contribution in [0.1, 0.15) is 21.8 Å². The van der Waals surface area contributed by atoms with E-state index in [4.69, 9.17) is 0 Å². The Morgan fingerprint density at radius 3 is 2.78 bits per heavy atom. The van der Waals surface area contributed by atoms with Gasteiger partial charge >= 0.3 is 5.97 Å². The van der Waals surface area contributed by atoms with Crippen LogP contribution in [0.4, 0.5) is 0 Å². The third kappa shape index (κ3) is 4.60. The first kappa shape index (κ1) is 17.1. The van der Waals surface area contributed by atoms with Gasteiger partial charge in [-0.3, -0.25) is 4.79 Å². The molecule has 1 aromatic heterocycles. The van der Waals surface area contributed by atoms with E-state index in [1.54, 1.807) is 11.6 Å². The summed E-state index contributed by atoms with van der Waals surface area (Å²) in [6.45, 7) is 0. The molecule has 2 aromatic rings. The van der Waals surface area contributed by atoms with Crippen molar-refractivity contribution in [1.29, 1.82) is 0 Å². The topological polar surface area (TPSA) is 102 Å². The Morgan fingerprint density at radius 2 is 2.13 bits per heavy atom. The van der Waals surface area contributed by atoms with Crippen LogP contribution in [0, 0.1) is 0 Å². The van der Waals surface area contributed by atoms with Crippen LogP contribution in [0.15, 0.2) is 40.7 Å². The molecule has 0 aliphatic carbocycles. The van der Waals surface area contributed by atoms with Gasteiger partial charge in [-0.05, 0) is 18.2 Å². The van der Waals surface area contributed by atoms with Gasteiger partial charge < -0.3 is 4.74 Å². The molecule has 1 amide bonds. The molecule has 0 atom stereocenters. The first-order chi connectivity index (χ1) is 10.9. The van der Waals surface area contributed by atoms with Crippen LogP contribution in [0.5, 0.6) is 0 Å². The summed E-state index contributed by atoms with van der Waals surface area (Å²) in [4.78, 5) is 27.1. The summed E-state index contributed by atoms with van der Waals surface area (Å²) >= 11 is 1.39. The molecule has 2 rings (SSSR count). The Labute approximate surface area is 137 Å². The van der Waals surface area contributed by atoms with E-state index in [0.717, 1.165) is 11.1 Å². The maximum Gasteiger partial charge on any atom is 0.337 e. The molecule has 0 bridgehead atoms. The zero-order valence-corrected chi connectivity index (χ0v) is 13.8. The van der Waals surface area contributed by atoms with Crippen molar-refractivity contribution in [3.63, 3.8) is 0 Å². The summed E-state index contributed by atoms with van der Waals surface area (Å²) in [6, 6.07) is 5.28. The van der Waals surface area contributed by atoms with Crippen molar-refractivity contribution >= 4 is 33.2 Å². The molecule has 9 heteroatoms. The average molecular weight is 354 g/mol. The van der Waals surface area contributed by atoms with E-state index in [0.29, 0.717) is 6.42 Å². The number of methoxy groups -OCH3 is 1. The lowest BCUT2D eigenvalue weighted by molar-refractivity contribution is -0.119. The van der Waals surface area contributed by atoms with Gasteiger partial charge in [-0.25, -0.2) is 22.9 Å². The Balaban J connectivity index is 2.06. The van der Waals surface area contributed by atoms with E-state index < -0.39 is 21.9 Å². The van der Waals surface area contributed by atoms with E-state index >= 15 is 0 Å². The number of aryl methyl sites for hydroxylation is 1. The van der Waals surface area contributed by atoms with Crippen LogP contribution in [-0.2, 0) is 26.0 Å². The third-order valence-corrected chi connectivity index (χ3v) is 5.07. The van der Waals surface area contributed by atoms with Gasteiger partial charge in [-0.1, -0.05) is 6.07 Å². The predicted octanol–water partition coefficient (Wildman–Crippen LogP) is 1.37. The van der Waals surface area contributed by atoms with Gasteiger partial charge in [-0.2, -0.15) is 0 Å². The second-order valence-electron chi connectivity index (χ2n) is 4.47. The number of esters is 1. The first-order valence-corrected chi connectivity index (χ1v) is 8.91. The Kier molecular flexibility index (Phi) is 5.45. The van der Waals surface area contributed by atoms with Crippen LogP contribution < -0.4 is 4.72 Å². The highest BCUT2D eigenvalue weighted by atomic mass is 32.2. The maximum atomic E-state index is 12.2. The molecule has 0 spiro atoms. The van der Waals surface area contributed by atoms with Gasteiger partial charge in [0.05, 0.1) is 22.6 Å². The van der Waals surface area contributed by atoms with E-state index in [1.807, 2.05) is 4.72 Å². The highest BCUT2D eigenvalue weighted by Gasteiger charge is 2.19.